The smallest absolute Gasteiger partial charge is 0.306 e. The van der Waals surface area contributed by atoms with E-state index in [-0.39, 0.29) is 11.9 Å². The van der Waals surface area contributed by atoms with E-state index >= 15 is 0 Å². The first-order valence-corrected chi connectivity index (χ1v) is 4.43. The van der Waals surface area contributed by atoms with E-state index in [2.05, 4.69) is 0 Å². The molecule has 1 rings (SSSR count). The zero-order chi connectivity index (χ0) is 9.68. The van der Waals surface area contributed by atoms with Crippen LogP contribution < -0.4 is 0 Å². The van der Waals surface area contributed by atoms with Gasteiger partial charge in [0, 0.05) is 5.92 Å². The van der Waals surface area contributed by atoms with Crippen LogP contribution in [-0.4, -0.2) is 12.6 Å². The third-order valence-electron chi connectivity index (χ3n) is 1.81. The Morgan fingerprint density at radius 2 is 2.46 bits per heavy atom. The number of hydrogen-bond donors (Lipinski definition) is 0. The Hall–Kier alpha value is -1.25. The minimum atomic E-state index is -0.175. The van der Waals surface area contributed by atoms with Gasteiger partial charge in [0.15, 0.2) is 0 Å². The maximum absolute atomic E-state index is 11.1. The monoisotopic (exact) mass is 182 g/mol. The van der Waals surface area contributed by atoms with Crippen LogP contribution in [0.15, 0.2) is 22.8 Å². The molecule has 0 fully saturated rings. The first kappa shape index (κ1) is 9.84. The lowest BCUT2D eigenvalue weighted by molar-refractivity contribution is -0.143. The molecule has 13 heavy (non-hydrogen) atoms. The van der Waals surface area contributed by atoms with Crippen LogP contribution in [0.25, 0.3) is 0 Å². The van der Waals surface area contributed by atoms with Gasteiger partial charge in [-0.05, 0) is 19.1 Å². The van der Waals surface area contributed by atoms with Gasteiger partial charge in [-0.3, -0.25) is 4.79 Å². The number of esters is 1. The van der Waals surface area contributed by atoms with Crippen molar-refractivity contribution in [1.82, 2.24) is 0 Å². The minimum Gasteiger partial charge on any atom is -0.469 e. The van der Waals surface area contributed by atoms with Gasteiger partial charge in [0.2, 0.25) is 0 Å². The number of hydrogen-bond acceptors (Lipinski definition) is 3. The summed E-state index contributed by atoms with van der Waals surface area (Å²) in [6, 6.07) is 3.68. The molecular formula is C10H14O3. The van der Waals surface area contributed by atoms with Crippen molar-refractivity contribution < 1.29 is 13.9 Å². The van der Waals surface area contributed by atoms with Crippen LogP contribution in [0.5, 0.6) is 0 Å². The summed E-state index contributed by atoms with van der Waals surface area (Å²) in [4.78, 5) is 11.1. The predicted octanol–water partition coefficient (Wildman–Crippen LogP) is 2.34. The van der Waals surface area contributed by atoms with Crippen LogP contribution in [0.1, 0.15) is 31.9 Å². The largest absolute Gasteiger partial charge is 0.469 e. The maximum Gasteiger partial charge on any atom is 0.306 e. The lowest BCUT2D eigenvalue weighted by Crippen LogP contribution is -2.07. The highest BCUT2D eigenvalue weighted by atomic mass is 16.5. The molecular weight excluding hydrogens is 168 g/mol. The molecule has 1 aromatic rings. The van der Waals surface area contributed by atoms with Crippen molar-refractivity contribution in [1.29, 1.82) is 0 Å². The highest BCUT2D eigenvalue weighted by Gasteiger charge is 2.13. The normalized spacial score (nSPS) is 12.5. The second-order valence-electron chi connectivity index (χ2n) is 2.93. The van der Waals surface area contributed by atoms with Gasteiger partial charge in [0.25, 0.3) is 0 Å². The van der Waals surface area contributed by atoms with Crippen LogP contribution in [0.4, 0.5) is 0 Å². The quantitative estimate of drug-likeness (QED) is 0.671. The van der Waals surface area contributed by atoms with E-state index in [0.717, 1.165) is 5.76 Å². The topological polar surface area (TPSA) is 39.4 Å². The third-order valence-corrected chi connectivity index (χ3v) is 1.81. The molecule has 1 aromatic heterocycles. The van der Waals surface area contributed by atoms with Crippen molar-refractivity contribution >= 4 is 5.97 Å². The van der Waals surface area contributed by atoms with Crippen LogP contribution in [0, 0.1) is 0 Å². The molecule has 0 spiro atoms. The van der Waals surface area contributed by atoms with Crippen molar-refractivity contribution in [3.05, 3.63) is 24.2 Å². The molecule has 0 aliphatic rings. The van der Waals surface area contributed by atoms with Gasteiger partial charge < -0.3 is 9.15 Å². The molecule has 0 unspecified atom stereocenters. The van der Waals surface area contributed by atoms with Gasteiger partial charge in [-0.25, -0.2) is 0 Å². The summed E-state index contributed by atoms with van der Waals surface area (Å²) < 4.78 is 10.00. The van der Waals surface area contributed by atoms with Crippen molar-refractivity contribution in [3.63, 3.8) is 0 Å². The van der Waals surface area contributed by atoms with Crippen molar-refractivity contribution in [2.45, 2.75) is 26.2 Å². The van der Waals surface area contributed by atoms with Gasteiger partial charge in [-0.1, -0.05) is 6.92 Å². The van der Waals surface area contributed by atoms with E-state index in [1.54, 1.807) is 13.2 Å². The SMILES string of the molecule is CCOC(=O)C[C@@H](C)c1ccco1. The molecule has 0 aliphatic heterocycles. The molecule has 3 heteroatoms. The van der Waals surface area contributed by atoms with E-state index in [1.807, 2.05) is 19.1 Å². The van der Waals surface area contributed by atoms with Crippen LogP contribution in [-0.2, 0) is 9.53 Å². The number of rotatable bonds is 4. The summed E-state index contributed by atoms with van der Waals surface area (Å²) >= 11 is 0. The molecule has 0 radical (unpaired) electrons. The Morgan fingerprint density at radius 3 is 3.00 bits per heavy atom. The van der Waals surface area contributed by atoms with Gasteiger partial charge in [0.05, 0.1) is 19.3 Å². The first-order valence-electron chi connectivity index (χ1n) is 4.43. The van der Waals surface area contributed by atoms with E-state index in [4.69, 9.17) is 9.15 Å². The van der Waals surface area contributed by atoms with Crippen LogP contribution in [0.3, 0.4) is 0 Å². The van der Waals surface area contributed by atoms with E-state index in [0.29, 0.717) is 13.0 Å². The van der Waals surface area contributed by atoms with E-state index < -0.39 is 0 Å². The summed E-state index contributed by atoms with van der Waals surface area (Å²) in [5.41, 5.74) is 0. The van der Waals surface area contributed by atoms with Crippen LogP contribution in [0.2, 0.25) is 0 Å². The average molecular weight is 182 g/mol. The van der Waals surface area contributed by atoms with Gasteiger partial charge in [0.1, 0.15) is 5.76 Å². The highest BCUT2D eigenvalue weighted by molar-refractivity contribution is 5.70. The lowest BCUT2D eigenvalue weighted by Gasteiger charge is -2.06. The minimum absolute atomic E-state index is 0.0917. The Bertz CT molecular complexity index is 251. The predicted molar refractivity (Wildman–Crippen MR) is 48.4 cm³/mol. The molecule has 0 saturated carbocycles. The van der Waals surface area contributed by atoms with Crippen molar-refractivity contribution in [3.8, 4) is 0 Å². The Kier molecular flexibility index (Phi) is 3.55. The van der Waals surface area contributed by atoms with Crippen LogP contribution >= 0.6 is 0 Å². The standard InChI is InChI=1S/C10H14O3/c1-3-12-10(11)7-8(2)9-5-4-6-13-9/h4-6,8H,3,7H2,1-2H3/t8-/m1/s1. The average Bonchev–Trinajstić information content (AvgIpc) is 2.55. The van der Waals surface area contributed by atoms with E-state index in [9.17, 15) is 4.79 Å². The summed E-state index contributed by atoms with van der Waals surface area (Å²) in [5, 5.41) is 0. The second kappa shape index (κ2) is 4.70. The summed E-state index contributed by atoms with van der Waals surface area (Å²) in [6.07, 6.45) is 1.98. The molecule has 3 nitrogen and oxygen atoms in total. The number of carbonyl (C=O) groups excluding carboxylic acids is 1. The molecule has 0 amide bonds. The summed E-state index contributed by atoms with van der Waals surface area (Å²) in [7, 11) is 0. The Labute approximate surface area is 77.7 Å². The zero-order valence-corrected chi connectivity index (χ0v) is 7.95. The summed E-state index contributed by atoms with van der Waals surface area (Å²) in [5.74, 6) is 0.744. The number of ether oxygens (including phenoxy) is 1. The lowest BCUT2D eigenvalue weighted by atomic mass is 10.1. The van der Waals surface area contributed by atoms with Crippen molar-refractivity contribution in [2.75, 3.05) is 6.61 Å². The van der Waals surface area contributed by atoms with Crippen molar-refractivity contribution in [2.24, 2.45) is 0 Å². The molecule has 0 saturated heterocycles. The molecule has 72 valence electrons. The highest BCUT2D eigenvalue weighted by Crippen LogP contribution is 2.19. The molecule has 0 aliphatic carbocycles. The fourth-order valence-corrected chi connectivity index (χ4v) is 1.14. The second-order valence-corrected chi connectivity index (χ2v) is 2.93. The number of carbonyl (C=O) groups is 1. The fraction of sp³-hybridized carbons (Fsp3) is 0.500. The Balaban J connectivity index is 2.42. The fourth-order valence-electron chi connectivity index (χ4n) is 1.14. The molecule has 1 heterocycles. The number of furan rings is 1. The third kappa shape index (κ3) is 2.93. The molecule has 0 N–H and O–H groups in total. The van der Waals surface area contributed by atoms with Gasteiger partial charge in [-0.2, -0.15) is 0 Å². The van der Waals surface area contributed by atoms with Gasteiger partial charge >= 0.3 is 5.97 Å². The maximum atomic E-state index is 11.1. The molecule has 0 aromatic carbocycles. The molecule has 0 bridgehead atoms. The van der Waals surface area contributed by atoms with E-state index in [1.165, 1.54) is 0 Å². The molecule has 1 atom stereocenters. The summed E-state index contributed by atoms with van der Waals surface area (Å²) in [6.45, 7) is 4.18. The first-order chi connectivity index (χ1) is 6.24. The Morgan fingerprint density at radius 1 is 1.69 bits per heavy atom. The van der Waals surface area contributed by atoms with Gasteiger partial charge in [-0.15, -0.1) is 0 Å². The zero-order valence-electron chi connectivity index (χ0n) is 7.95.